The van der Waals surface area contributed by atoms with E-state index in [-0.39, 0.29) is 12.0 Å². The second-order valence-electron chi connectivity index (χ2n) is 6.18. The van der Waals surface area contributed by atoms with Crippen LogP contribution in [0.15, 0.2) is 36.9 Å². The van der Waals surface area contributed by atoms with Crippen LogP contribution in [0.3, 0.4) is 0 Å². The third-order valence-electron chi connectivity index (χ3n) is 4.17. The summed E-state index contributed by atoms with van der Waals surface area (Å²) < 4.78 is 5.29. The van der Waals surface area contributed by atoms with Crippen LogP contribution < -0.4 is 5.32 Å². The van der Waals surface area contributed by atoms with E-state index in [2.05, 4.69) is 16.8 Å². The maximum atomic E-state index is 12.1. The summed E-state index contributed by atoms with van der Waals surface area (Å²) in [4.78, 5) is 14.4. The Bertz CT molecular complexity index is 525. The fourth-order valence-electron chi connectivity index (χ4n) is 2.81. The fourth-order valence-corrected chi connectivity index (χ4v) is 2.81. The van der Waals surface area contributed by atoms with E-state index in [9.17, 15) is 9.90 Å². The van der Waals surface area contributed by atoms with Crippen molar-refractivity contribution in [2.75, 3.05) is 31.6 Å². The Labute approximate surface area is 144 Å². The number of piperidine rings is 1. The lowest BCUT2D eigenvalue weighted by atomic mass is 10.1. The SMILES string of the molecule is C=CCOCCCC(=O)Nc1ccccc1CN1CCC(O)CC1. The van der Waals surface area contributed by atoms with Gasteiger partial charge < -0.3 is 15.2 Å². The Morgan fingerprint density at radius 1 is 1.38 bits per heavy atom. The molecule has 0 aromatic heterocycles. The molecule has 5 nitrogen and oxygen atoms in total. The van der Waals surface area contributed by atoms with Gasteiger partial charge in [-0.1, -0.05) is 24.3 Å². The Kier molecular flexibility index (Phi) is 7.95. The van der Waals surface area contributed by atoms with Crippen molar-refractivity contribution in [2.24, 2.45) is 0 Å². The lowest BCUT2D eigenvalue weighted by Crippen LogP contribution is -2.35. The molecule has 132 valence electrons. The van der Waals surface area contributed by atoms with E-state index >= 15 is 0 Å². The van der Waals surface area contributed by atoms with Gasteiger partial charge in [-0.15, -0.1) is 6.58 Å². The van der Waals surface area contributed by atoms with Gasteiger partial charge in [0.15, 0.2) is 0 Å². The van der Waals surface area contributed by atoms with Crippen molar-refractivity contribution in [1.29, 1.82) is 0 Å². The highest BCUT2D eigenvalue weighted by atomic mass is 16.5. The number of likely N-dealkylation sites (tertiary alicyclic amines) is 1. The molecule has 0 spiro atoms. The molecule has 1 aliphatic rings. The van der Waals surface area contributed by atoms with Gasteiger partial charge in [-0.05, 0) is 30.9 Å². The number of rotatable bonds is 9. The molecule has 1 aromatic carbocycles. The number of aliphatic hydroxyl groups excluding tert-OH is 1. The van der Waals surface area contributed by atoms with E-state index in [1.165, 1.54) is 0 Å². The number of hydrogen-bond acceptors (Lipinski definition) is 4. The van der Waals surface area contributed by atoms with Gasteiger partial charge in [0.25, 0.3) is 0 Å². The van der Waals surface area contributed by atoms with Gasteiger partial charge >= 0.3 is 0 Å². The minimum Gasteiger partial charge on any atom is -0.393 e. The standard InChI is InChI=1S/C19H28N2O3/c1-2-13-24-14-5-8-19(23)20-18-7-4-3-6-16(18)15-21-11-9-17(22)10-12-21/h2-4,6-7,17,22H,1,5,8-15H2,(H,20,23). The molecule has 5 heteroatoms. The summed E-state index contributed by atoms with van der Waals surface area (Å²) in [5, 5.41) is 12.6. The van der Waals surface area contributed by atoms with E-state index in [4.69, 9.17) is 4.74 Å². The average Bonchev–Trinajstić information content (AvgIpc) is 2.58. The second-order valence-corrected chi connectivity index (χ2v) is 6.18. The highest BCUT2D eigenvalue weighted by Gasteiger charge is 2.18. The van der Waals surface area contributed by atoms with E-state index in [0.29, 0.717) is 26.1 Å². The third-order valence-corrected chi connectivity index (χ3v) is 4.17. The summed E-state index contributed by atoms with van der Waals surface area (Å²) in [6.07, 6.45) is 4.32. The lowest BCUT2D eigenvalue weighted by molar-refractivity contribution is -0.116. The molecule has 1 fully saturated rings. The molecular formula is C19H28N2O3. The number of para-hydroxylation sites is 1. The van der Waals surface area contributed by atoms with Crippen molar-refractivity contribution >= 4 is 11.6 Å². The number of nitrogens with zero attached hydrogens (tertiary/aromatic N) is 1. The second kappa shape index (κ2) is 10.2. The average molecular weight is 332 g/mol. The van der Waals surface area contributed by atoms with Gasteiger partial charge in [0.05, 0.1) is 12.7 Å². The van der Waals surface area contributed by atoms with Crippen LogP contribution in [-0.2, 0) is 16.1 Å². The van der Waals surface area contributed by atoms with Gasteiger partial charge in [-0.3, -0.25) is 9.69 Å². The minimum atomic E-state index is -0.167. The summed E-state index contributed by atoms with van der Waals surface area (Å²) in [5.74, 6) is 0.0127. The van der Waals surface area contributed by atoms with Crippen LogP contribution >= 0.6 is 0 Å². The first-order chi connectivity index (χ1) is 11.7. The van der Waals surface area contributed by atoms with Gasteiger partial charge in [-0.25, -0.2) is 0 Å². The Morgan fingerprint density at radius 3 is 2.88 bits per heavy atom. The molecule has 1 heterocycles. The number of hydrogen-bond donors (Lipinski definition) is 2. The topological polar surface area (TPSA) is 61.8 Å². The van der Waals surface area contributed by atoms with Gasteiger partial charge in [0.1, 0.15) is 0 Å². The van der Waals surface area contributed by atoms with E-state index in [0.717, 1.165) is 43.7 Å². The number of aliphatic hydroxyl groups is 1. The molecule has 0 saturated carbocycles. The van der Waals surface area contributed by atoms with Crippen LogP contribution in [0.1, 0.15) is 31.2 Å². The first kappa shape index (κ1) is 18.6. The quantitative estimate of drug-likeness (QED) is 0.539. The Balaban J connectivity index is 1.82. The van der Waals surface area contributed by atoms with Crippen molar-refractivity contribution in [3.63, 3.8) is 0 Å². The van der Waals surface area contributed by atoms with Crippen molar-refractivity contribution in [2.45, 2.75) is 38.3 Å². The van der Waals surface area contributed by atoms with Crippen LogP contribution in [0.2, 0.25) is 0 Å². The molecule has 0 radical (unpaired) electrons. The molecule has 0 unspecified atom stereocenters. The molecule has 0 atom stereocenters. The van der Waals surface area contributed by atoms with Crippen molar-refractivity contribution in [3.05, 3.63) is 42.5 Å². The maximum Gasteiger partial charge on any atom is 0.224 e. The molecule has 1 amide bonds. The van der Waals surface area contributed by atoms with Gasteiger partial charge in [0, 0.05) is 38.3 Å². The summed E-state index contributed by atoms with van der Waals surface area (Å²) in [5.41, 5.74) is 1.99. The predicted molar refractivity (Wildman–Crippen MR) is 95.8 cm³/mol. The van der Waals surface area contributed by atoms with Crippen LogP contribution in [0.25, 0.3) is 0 Å². The Morgan fingerprint density at radius 2 is 2.12 bits per heavy atom. The molecule has 24 heavy (non-hydrogen) atoms. The first-order valence-electron chi connectivity index (χ1n) is 8.66. The minimum absolute atomic E-state index is 0.0127. The van der Waals surface area contributed by atoms with Crippen LogP contribution in [0.4, 0.5) is 5.69 Å². The number of carbonyl (C=O) groups excluding carboxylic acids is 1. The lowest BCUT2D eigenvalue weighted by Gasteiger charge is -2.30. The van der Waals surface area contributed by atoms with E-state index in [1.54, 1.807) is 6.08 Å². The molecule has 0 aliphatic carbocycles. The molecule has 1 saturated heterocycles. The normalized spacial score (nSPS) is 16.0. The predicted octanol–water partition coefficient (Wildman–Crippen LogP) is 2.56. The monoisotopic (exact) mass is 332 g/mol. The number of nitrogens with one attached hydrogen (secondary N) is 1. The number of ether oxygens (including phenoxy) is 1. The number of amides is 1. The first-order valence-corrected chi connectivity index (χ1v) is 8.66. The van der Waals surface area contributed by atoms with E-state index in [1.807, 2.05) is 24.3 Å². The van der Waals surface area contributed by atoms with Crippen molar-refractivity contribution in [1.82, 2.24) is 4.90 Å². The van der Waals surface area contributed by atoms with Crippen LogP contribution in [-0.4, -0.2) is 48.3 Å². The highest BCUT2D eigenvalue weighted by molar-refractivity contribution is 5.91. The Hall–Kier alpha value is -1.69. The van der Waals surface area contributed by atoms with Gasteiger partial charge in [-0.2, -0.15) is 0 Å². The number of carbonyl (C=O) groups is 1. The molecule has 1 aliphatic heterocycles. The maximum absolute atomic E-state index is 12.1. The zero-order chi connectivity index (χ0) is 17.2. The summed E-state index contributed by atoms with van der Waals surface area (Å²) in [6.45, 7) is 7.26. The molecule has 2 rings (SSSR count). The smallest absolute Gasteiger partial charge is 0.224 e. The highest BCUT2D eigenvalue weighted by Crippen LogP contribution is 2.20. The fraction of sp³-hybridized carbons (Fsp3) is 0.526. The number of anilines is 1. The zero-order valence-electron chi connectivity index (χ0n) is 14.2. The zero-order valence-corrected chi connectivity index (χ0v) is 14.2. The van der Waals surface area contributed by atoms with Crippen molar-refractivity contribution < 1.29 is 14.6 Å². The van der Waals surface area contributed by atoms with Crippen LogP contribution in [0, 0.1) is 0 Å². The molecule has 2 N–H and O–H groups in total. The summed E-state index contributed by atoms with van der Waals surface area (Å²) in [7, 11) is 0. The number of benzene rings is 1. The molecular weight excluding hydrogens is 304 g/mol. The van der Waals surface area contributed by atoms with Gasteiger partial charge in [0.2, 0.25) is 5.91 Å². The third kappa shape index (κ3) is 6.43. The summed E-state index contributed by atoms with van der Waals surface area (Å²) >= 11 is 0. The van der Waals surface area contributed by atoms with Crippen molar-refractivity contribution in [3.8, 4) is 0 Å². The summed E-state index contributed by atoms with van der Waals surface area (Å²) in [6, 6.07) is 7.92. The van der Waals surface area contributed by atoms with E-state index < -0.39 is 0 Å². The van der Waals surface area contributed by atoms with Crippen LogP contribution in [0.5, 0.6) is 0 Å². The largest absolute Gasteiger partial charge is 0.393 e. The molecule has 1 aromatic rings. The molecule has 0 bridgehead atoms.